The van der Waals surface area contributed by atoms with Crippen molar-refractivity contribution in [3.63, 3.8) is 0 Å². The van der Waals surface area contributed by atoms with E-state index in [4.69, 9.17) is 10.5 Å². The lowest BCUT2D eigenvalue weighted by molar-refractivity contribution is 0.0636. The number of amides is 1. The van der Waals surface area contributed by atoms with Gasteiger partial charge in [0.15, 0.2) is 5.82 Å². The van der Waals surface area contributed by atoms with Crippen molar-refractivity contribution in [3.8, 4) is 5.69 Å². The van der Waals surface area contributed by atoms with Gasteiger partial charge in [-0.25, -0.2) is 9.48 Å². The van der Waals surface area contributed by atoms with Crippen LogP contribution in [0.4, 0.5) is 16.3 Å². The van der Waals surface area contributed by atoms with Crippen LogP contribution < -0.4 is 11.1 Å². The third-order valence-corrected chi connectivity index (χ3v) is 3.38. The van der Waals surface area contributed by atoms with Crippen LogP contribution >= 0.6 is 0 Å². The van der Waals surface area contributed by atoms with Crippen molar-refractivity contribution in [2.75, 3.05) is 11.1 Å². The molecule has 124 valence electrons. The van der Waals surface area contributed by atoms with E-state index in [0.29, 0.717) is 5.69 Å². The highest BCUT2D eigenvalue weighted by Gasteiger charge is 2.18. The fraction of sp³-hybridized carbons (Fsp3) is 0.222. The smallest absolute Gasteiger partial charge is 0.412 e. The van der Waals surface area contributed by atoms with Gasteiger partial charge in [-0.1, -0.05) is 30.3 Å². The van der Waals surface area contributed by atoms with Gasteiger partial charge in [-0.05, 0) is 43.7 Å². The van der Waals surface area contributed by atoms with Gasteiger partial charge >= 0.3 is 6.09 Å². The second-order valence-corrected chi connectivity index (χ2v) is 6.53. The molecule has 0 radical (unpaired) electrons. The minimum atomic E-state index is -0.576. The molecule has 0 fully saturated rings. The fourth-order valence-electron chi connectivity index (χ4n) is 2.35. The molecule has 1 amide bonds. The summed E-state index contributed by atoms with van der Waals surface area (Å²) in [7, 11) is 0. The van der Waals surface area contributed by atoms with Gasteiger partial charge in [0.05, 0.1) is 11.9 Å². The SMILES string of the molecule is CC(C)(C)OC(=O)Nc1cn(-c2ccc3ccccc3c2)nc1N. The van der Waals surface area contributed by atoms with Crippen LogP contribution in [0.15, 0.2) is 48.7 Å². The summed E-state index contributed by atoms with van der Waals surface area (Å²) in [6.07, 6.45) is 1.11. The number of nitrogens with zero attached hydrogens (tertiary/aromatic N) is 2. The predicted octanol–water partition coefficient (Wildman–Crippen LogP) is 3.95. The highest BCUT2D eigenvalue weighted by molar-refractivity contribution is 5.88. The number of hydrogen-bond donors (Lipinski definition) is 2. The Balaban J connectivity index is 1.86. The Bertz CT molecular complexity index is 893. The highest BCUT2D eigenvalue weighted by atomic mass is 16.6. The zero-order valence-electron chi connectivity index (χ0n) is 13.9. The summed E-state index contributed by atoms with van der Waals surface area (Å²) in [5.41, 5.74) is 6.60. The molecule has 6 nitrogen and oxygen atoms in total. The van der Waals surface area contributed by atoms with Crippen molar-refractivity contribution in [2.24, 2.45) is 0 Å². The average Bonchev–Trinajstić information content (AvgIpc) is 2.86. The Labute approximate surface area is 140 Å². The molecular weight excluding hydrogens is 304 g/mol. The molecule has 3 rings (SSSR count). The number of nitrogen functional groups attached to an aromatic ring is 1. The molecule has 0 saturated carbocycles. The van der Waals surface area contributed by atoms with Crippen LogP contribution in [0.3, 0.4) is 0 Å². The first kappa shape index (κ1) is 15.9. The van der Waals surface area contributed by atoms with Gasteiger partial charge in [-0.2, -0.15) is 0 Å². The first-order chi connectivity index (χ1) is 11.3. The van der Waals surface area contributed by atoms with E-state index < -0.39 is 11.7 Å². The maximum Gasteiger partial charge on any atom is 0.412 e. The molecule has 0 unspecified atom stereocenters. The molecule has 3 N–H and O–H groups in total. The maximum atomic E-state index is 11.9. The monoisotopic (exact) mass is 324 g/mol. The third kappa shape index (κ3) is 3.48. The molecule has 0 bridgehead atoms. The Kier molecular flexibility index (Phi) is 3.89. The number of anilines is 2. The van der Waals surface area contributed by atoms with Crippen LogP contribution in [-0.2, 0) is 4.74 Å². The second kappa shape index (κ2) is 5.88. The van der Waals surface area contributed by atoms with E-state index in [0.717, 1.165) is 16.5 Å². The molecule has 0 aliphatic heterocycles. The molecule has 0 atom stereocenters. The number of benzene rings is 2. The van der Waals surface area contributed by atoms with Crippen molar-refractivity contribution >= 4 is 28.4 Å². The van der Waals surface area contributed by atoms with E-state index in [1.807, 2.05) is 42.5 Å². The van der Waals surface area contributed by atoms with E-state index in [9.17, 15) is 4.79 Å². The minimum absolute atomic E-state index is 0.231. The van der Waals surface area contributed by atoms with Crippen LogP contribution in [0.2, 0.25) is 0 Å². The summed E-state index contributed by atoms with van der Waals surface area (Å²) in [6, 6.07) is 14.0. The lowest BCUT2D eigenvalue weighted by Crippen LogP contribution is -2.27. The number of carbonyl (C=O) groups is 1. The van der Waals surface area contributed by atoms with Gasteiger partial charge in [-0.3, -0.25) is 5.32 Å². The van der Waals surface area contributed by atoms with Gasteiger partial charge in [0, 0.05) is 0 Å². The van der Waals surface area contributed by atoms with Gasteiger partial charge < -0.3 is 10.5 Å². The molecule has 2 aromatic carbocycles. The number of hydrogen-bond acceptors (Lipinski definition) is 4. The molecule has 3 aromatic rings. The van der Waals surface area contributed by atoms with E-state index in [1.54, 1.807) is 31.6 Å². The first-order valence-corrected chi connectivity index (χ1v) is 7.66. The maximum absolute atomic E-state index is 11.9. The number of nitrogens with two attached hydrogens (primary N) is 1. The van der Waals surface area contributed by atoms with Crippen molar-refractivity contribution in [2.45, 2.75) is 26.4 Å². The van der Waals surface area contributed by atoms with Crippen molar-refractivity contribution in [1.29, 1.82) is 0 Å². The molecule has 1 aromatic heterocycles. The molecule has 1 heterocycles. The Morgan fingerprint density at radius 2 is 1.88 bits per heavy atom. The van der Waals surface area contributed by atoms with Crippen LogP contribution in [-0.4, -0.2) is 21.5 Å². The lowest BCUT2D eigenvalue weighted by atomic mass is 10.1. The molecule has 0 spiro atoms. The standard InChI is InChI=1S/C18H20N4O2/c1-18(2,3)24-17(23)20-15-11-22(21-16(15)19)14-9-8-12-6-4-5-7-13(12)10-14/h4-11H,1-3H3,(H2,19,21)(H,20,23). The average molecular weight is 324 g/mol. The molecule has 0 saturated heterocycles. The second-order valence-electron chi connectivity index (χ2n) is 6.53. The summed E-state index contributed by atoms with van der Waals surface area (Å²) in [5.74, 6) is 0.231. The van der Waals surface area contributed by atoms with Crippen LogP contribution in [0.5, 0.6) is 0 Å². The van der Waals surface area contributed by atoms with Crippen LogP contribution in [0, 0.1) is 0 Å². The number of aromatic nitrogens is 2. The Hall–Kier alpha value is -3.02. The van der Waals surface area contributed by atoms with Crippen LogP contribution in [0.25, 0.3) is 16.5 Å². The number of nitrogens with one attached hydrogen (secondary N) is 1. The van der Waals surface area contributed by atoms with Crippen LogP contribution in [0.1, 0.15) is 20.8 Å². The molecule has 6 heteroatoms. The summed E-state index contributed by atoms with van der Waals surface area (Å²) in [6.45, 7) is 5.40. The fourth-order valence-corrected chi connectivity index (χ4v) is 2.35. The van der Waals surface area contributed by atoms with E-state index in [2.05, 4.69) is 10.4 Å². The van der Waals surface area contributed by atoms with E-state index in [-0.39, 0.29) is 5.82 Å². The molecule has 0 aliphatic rings. The van der Waals surface area contributed by atoms with Gasteiger partial charge in [-0.15, -0.1) is 5.10 Å². The Morgan fingerprint density at radius 3 is 2.58 bits per heavy atom. The number of rotatable bonds is 2. The number of fused-ring (bicyclic) bond motifs is 1. The molecule has 24 heavy (non-hydrogen) atoms. The zero-order valence-corrected chi connectivity index (χ0v) is 13.9. The summed E-state index contributed by atoms with van der Waals surface area (Å²) < 4.78 is 6.86. The number of ether oxygens (including phenoxy) is 1. The number of carbonyl (C=O) groups excluding carboxylic acids is 1. The predicted molar refractivity (Wildman–Crippen MR) is 95.3 cm³/mol. The first-order valence-electron chi connectivity index (χ1n) is 7.66. The van der Waals surface area contributed by atoms with Gasteiger partial charge in [0.2, 0.25) is 0 Å². The summed E-state index contributed by atoms with van der Waals surface area (Å²) >= 11 is 0. The largest absolute Gasteiger partial charge is 0.444 e. The summed E-state index contributed by atoms with van der Waals surface area (Å²) in [5, 5.41) is 9.14. The van der Waals surface area contributed by atoms with Crippen molar-refractivity contribution in [1.82, 2.24) is 9.78 Å². The Morgan fingerprint density at radius 1 is 1.17 bits per heavy atom. The normalized spacial score (nSPS) is 11.5. The lowest BCUT2D eigenvalue weighted by Gasteiger charge is -2.19. The van der Waals surface area contributed by atoms with Crippen molar-refractivity contribution in [3.05, 3.63) is 48.7 Å². The van der Waals surface area contributed by atoms with E-state index >= 15 is 0 Å². The summed E-state index contributed by atoms with van der Waals surface area (Å²) in [4.78, 5) is 11.9. The van der Waals surface area contributed by atoms with E-state index in [1.165, 1.54) is 0 Å². The topological polar surface area (TPSA) is 82.2 Å². The quantitative estimate of drug-likeness (QED) is 0.747. The molecule has 0 aliphatic carbocycles. The highest BCUT2D eigenvalue weighted by Crippen LogP contribution is 2.23. The molecular formula is C18H20N4O2. The zero-order chi connectivity index (χ0) is 17.3. The third-order valence-electron chi connectivity index (χ3n) is 3.38. The van der Waals surface area contributed by atoms with Crippen molar-refractivity contribution < 1.29 is 9.53 Å². The van der Waals surface area contributed by atoms with Gasteiger partial charge in [0.25, 0.3) is 0 Å². The van der Waals surface area contributed by atoms with Gasteiger partial charge in [0.1, 0.15) is 11.3 Å². The minimum Gasteiger partial charge on any atom is -0.444 e.